The van der Waals surface area contributed by atoms with Crippen LogP contribution in [-0.4, -0.2) is 32.4 Å². The van der Waals surface area contributed by atoms with E-state index in [1.807, 2.05) is 19.1 Å². The van der Waals surface area contributed by atoms with E-state index < -0.39 is 10.0 Å². The van der Waals surface area contributed by atoms with Gasteiger partial charge in [0.25, 0.3) is 0 Å². The monoisotopic (exact) mass is 327 g/mol. The lowest BCUT2D eigenvalue weighted by atomic mass is 9.74. The van der Waals surface area contributed by atoms with Crippen LogP contribution in [0.2, 0.25) is 0 Å². The smallest absolute Gasteiger partial charge is 0.214 e. The van der Waals surface area contributed by atoms with Gasteiger partial charge in [-0.1, -0.05) is 0 Å². The molecule has 1 atom stereocenters. The van der Waals surface area contributed by atoms with E-state index >= 15 is 0 Å². The third kappa shape index (κ3) is 3.91. The standard InChI is InChI=1S/C16H25NO4S/c1-13-5-6-14(20-13)7-11-17-22(18,19)12-15-4-2-8-16(21-15)9-3-10-16/h5-6,15,17H,2-4,7-12H2,1H3. The molecule has 0 radical (unpaired) electrons. The highest BCUT2D eigenvalue weighted by molar-refractivity contribution is 7.89. The molecule has 1 saturated heterocycles. The topological polar surface area (TPSA) is 68.5 Å². The Morgan fingerprint density at radius 3 is 2.68 bits per heavy atom. The highest BCUT2D eigenvalue weighted by atomic mass is 32.2. The Kier molecular flexibility index (Phi) is 4.61. The Bertz CT molecular complexity index is 603. The molecule has 1 aromatic heterocycles. The van der Waals surface area contributed by atoms with Gasteiger partial charge in [-0.15, -0.1) is 0 Å². The summed E-state index contributed by atoms with van der Waals surface area (Å²) in [7, 11) is -3.30. The fourth-order valence-corrected chi connectivity index (χ4v) is 4.69. The first-order chi connectivity index (χ1) is 10.5. The maximum absolute atomic E-state index is 12.2. The van der Waals surface area contributed by atoms with Gasteiger partial charge in [0.2, 0.25) is 10.0 Å². The molecule has 0 bridgehead atoms. The average molecular weight is 327 g/mol. The van der Waals surface area contributed by atoms with Crippen LogP contribution in [0, 0.1) is 6.92 Å². The lowest BCUT2D eigenvalue weighted by Crippen LogP contribution is -2.48. The molecule has 0 amide bonds. The van der Waals surface area contributed by atoms with Gasteiger partial charge < -0.3 is 9.15 Å². The Hall–Kier alpha value is -0.850. The van der Waals surface area contributed by atoms with Crippen LogP contribution in [0.4, 0.5) is 0 Å². The summed E-state index contributed by atoms with van der Waals surface area (Å²) < 4.78 is 38.6. The molecule has 1 N–H and O–H groups in total. The van der Waals surface area contributed by atoms with E-state index in [1.54, 1.807) is 0 Å². The lowest BCUT2D eigenvalue weighted by Gasteiger charge is -2.47. The van der Waals surface area contributed by atoms with Crippen LogP contribution in [0.25, 0.3) is 0 Å². The number of aryl methyl sites for hydroxylation is 1. The third-order valence-corrected chi connectivity index (χ3v) is 6.19. The van der Waals surface area contributed by atoms with Crippen LogP contribution >= 0.6 is 0 Å². The van der Waals surface area contributed by atoms with Crippen molar-refractivity contribution in [2.75, 3.05) is 12.3 Å². The van der Waals surface area contributed by atoms with Crippen molar-refractivity contribution in [2.45, 2.75) is 63.6 Å². The zero-order valence-corrected chi connectivity index (χ0v) is 14.0. The molecule has 124 valence electrons. The van der Waals surface area contributed by atoms with Gasteiger partial charge in [0.15, 0.2) is 0 Å². The second-order valence-corrected chi connectivity index (χ2v) is 8.46. The minimum absolute atomic E-state index is 0.00410. The zero-order chi connectivity index (χ0) is 15.6. The highest BCUT2D eigenvalue weighted by Crippen LogP contribution is 2.44. The number of hydrogen-bond donors (Lipinski definition) is 1. The van der Waals surface area contributed by atoms with E-state index in [0.29, 0.717) is 13.0 Å². The molecule has 3 rings (SSSR count). The SMILES string of the molecule is Cc1ccc(CCNS(=O)(=O)CC2CCCC3(CCC3)O2)o1. The van der Waals surface area contributed by atoms with E-state index in [4.69, 9.17) is 9.15 Å². The molecular weight excluding hydrogens is 302 g/mol. The van der Waals surface area contributed by atoms with Crippen molar-refractivity contribution in [3.63, 3.8) is 0 Å². The predicted octanol–water partition coefficient (Wildman–Crippen LogP) is 2.54. The zero-order valence-electron chi connectivity index (χ0n) is 13.1. The number of nitrogens with one attached hydrogen (secondary N) is 1. The summed E-state index contributed by atoms with van der Waals surface area (Å²) in [5.41, 5.74) is 0.00410. The van der Waals surface area contributed by atoms with Crippen molar-refractivity contribution in [3.05, 3.63) is 23.7 Å². The van der Waals surface area contributed by atoms with E-state index in [2.05, 4.69) is 4.72 Å². The van der Waals surface area contributed by atoms with Gasteiger partial charge >= 0.3 is 0 Å². The predicted molar refractivity (Wildman–Crippen MR) is 84.2 cm³/mol. The number of furan rings is 1. The third-order valence-electron chi connectivity index (χ3n) is 4.73. The van der Waals surface area contributed by atoms with Gasteiger partial charge in [-0.25, -0.2) is 13.1 Å². The molecule has 1 aliphatic carbocycles. The largest absolute Gasteiger partial charge is 0.466 e. The molecule has 0 aromatic carbocycles. The molecule has 1 aromatic rings. The summed E-state index contributed by atoms with van der Waals surface area (Å²) in [6.07, 6.45) is 6.82. The fourth-order valence-electron chi connectivity index (χ4n) is 3.43. The number of ether oxygens (including phenoxy) is 1. The summed E-state index contributed by atoms with van der Waals surface area (Å²) >= 11 is 0. The van der Waals surface area contributed by atoms with Gasteiger partial charge in [-0.2, -0.15) is 0 Å². The average Bonchev–Trinajstić information content (AvgIpc) is 2.82. The number of sulfonamides is 1. The highest BCUT2D eigenvalue weighted by Gasteiger charge is 2.43. The van der Waals surface area contributed by atoms with Crippen LogP contribution in [0.1, 0.15) is 50.0 Å². The normalized spacial score (nSPS) is 24.3. The summed E-state index contributed by atoms with van der Waals surface area (Å²) in [6, 6.07) is 3.77. The molecule has 2 aliphatic rings. The fraction of sp³-hybridized carbons (Fsp3) is 0.750. The van der Waals surface area contributed by atoms with Crippen molar-refractivity contribution in [3.8, 4) is 0 Å². The minimum atomic E-state index is -3.30. The van der Waals surface area contributed by atoms with Gasteiger partial charge in [0.1, 0.15) is 11.5 Å². The van der Waals surface area contributed by atoms with Crippen molar-refractivity contribution in [2.24, 2.45) is 0 Å². The summed E-state index contributed by atoms with van der Waals surface area (Å²) in [4.78, 5) is 0. The molecule has 1 saturated carbocycles. The summed E-state index contributed by atoms with van der Waals surface area (Å²) in [5.74, 6) is 1.73. The Labute approximate surface area is 132 Å². The van der Waals surface area contributed by atoms with Crippen molar-refractivity contribution >= 4 is 10.0 Å². The van der Waals surface area contributed by atoms with E-state index in [0.717, 1.165) is 43.6 Å². The first-order valence-corrected chi connectivity index (χ1v) is 9.82. The van der Waals surface area contributed by atoms with Crippen molar-refractivity contribution in [1.82, 2.24) is 4.72 Å². The minimum Gasteiger partial charge on any atom is -0.466 e. The maximum atomic E-state index is 12.2. The molecule has 5 nitrogen and oxygen atoms in total. The second-order valence-electron chi connectivity index (χ2n) is 6.61. The number of hydrogen-bond acceptors (Lipinski definition) is 4. The van der Waals surface area contributed by atoms with Crippen molar-refractivity contribution < 1.29 is 17.6 Å². The number of rotatable bonds is 6. The van der Waals surface area contributed by atoms with E-state index in [9.17, 15) is 8.42 Å². The Balaban J connectivity index is 1.46. The second kappa shape index (κ2) is 6.34. The molecule has 1 aliphatic heterocycles. The maximum Gasteiger partial charge on any atom is 0.214 e. The molecule has 2 fully saturated rings. The Morgan fingerprint density at radius 1 is 1.27 bits per heavy atom. The summed E-state index contributed by atoms with van der Waals surface area (Å²) in [5, 5.41) is 0. The first-order valence-electron chi connectivity index (χ1n) is 8.17. The van der Waals surface area contributed by atoms with Crippen LogP contribution in [0.15, 0.2) is 16.5 Å². The summed E-state index contributed by atoms with van der Waals surface area (Å²) in [6.45, 7) is 2.25. The molecule has 2 heterocycles. The van der Waals surface area contributed by atoms with Crippen molar-refractivity contribution in [1.29, 1.82) is 0 Å². The van der Waals surface area contributed by atoms with Crippen LogP contribution in [0.5, 0.6) is 0 Å². The molecule has 6 heteroatoms. The molecule has 1 spiro atoms. The van der Waals surface area contributed by atoms with E-state index in [1.165, 1.54) is 6.42 Å². The lowest BCUT2D eigenvalue weighted by molar-refractivity contribution is -0.161. The first kappa shape index (κ1) is 16.0. The van der Waals surface area contributed by atoms with E-state index in [-0.39, 0.29) is 17.5 Å². The molecule has 1 unspecified atom stereocenters. The van der Waals surface area contributed by atoms with Crippen LogP contribution < -0.4 is 4.72 Å². The van der Waals surface area contributed by atoms with Gasteiger partial charge in [-0.3, -0.25) is 0 Å². The van der Waals surface area contributed by atoms with Crippen LogP contribution in [0.3, 0.4) is 0 Å². The van der Waals surface area contributed by atoms with Gasteiger partial charge in [0, 0.05) is 13.0 Å². The van der Waals surface area contributed by atoms with Gasteiger partial charge in [0.05, 0.1) is 17.5 Å². The molecular formula is C16H25NO4S. The van der Waals surface area contributed by atoms with Crippen LogP contribution in [-0.2, 0) is 21.2 Å². The van der Waals surface area contributed by atoms with Gasteiger partial charge in [-0.05, 0) is 57.6 Å². The quantitative estimate of drug-likeness (QED) is 0.872. The Morgan fingerprint density at radius 2 is 2.05 bits per heavy atom. The molecule has 22 heavy (non-hydrogen) atoms.